The van der Waals surface area contributed by atoms with Crippen LogP contribution in [0.5, 0.6) is 17.5 Å². The minimum absolute atomic E-state index is 0.104. The average molecular weight is 289 g/mol. The van der Waals surface area contributed by atoms with Crippen molar-refractivity contribution in [3.8, 4) is 17.5 Å². The molecule has 2 rings (SSSR count). The molecule has 1 heterocycles. The number of rotatable bonds is 5. The Morgan fingerprint density at radius 1 is 0.952 bits per heavy atom. The molecule has 0 atom stereocenters. The van der Waals surface area contributed by atoms with Crippen molar-refractivity contribution >= 4 is 11.9 Å². The maximum Gasteiger partial charge on any atom is 0.258 e. The van der Waals surface area contributed by atoms with E-state index in [0.29, 0.717) is 23.1 Å². The molecule has 21 heavy (non-hydrogen) atoms. The van der Waals surface area contributed by atoms with Crippen molar-refractivity contribution in [2.75, 3.05) is 26.6 Å². The summed E-state index contributed by atoms with van der Waals surface area (Å²) in [6.45, 7) is 0. The van der Waals surface area contributed by atoms with E-state index in [1.165, 1.54) is 20.3 Å². The van der Waals surface area contributed by atoms with Crippen LogP contribution in [0, 0.1) is 0 Å². The van der Waals surface area contributed by atoms with Crippen LogP contribution in [-0.2, 0) is 0 Å². The summed E-state index contributed by atoms with van der Waals surface area (Å²) in [5.74, 6) is 1.03. The lowest BCUT2D eigenvalue weighted by molar-refractivity contribution is 0.102. The largest absolute Gasteiger partial charge is 0.497 e. The zero-order chi connectivity index (χ0) is 15.2. The van der Waals surface area contributed by atoms with Gasteiger partial charge in [-0.05, 0) is 24.3 Å². The van der Waals surface area contributed by atoms with E-state index in [0.717, 1.165) is 0 Å². The Balaban J connectivity index is 2.18. The first-order valence-corrected chi connectivity index (χ1v) is 6.08. The molecule has 7 nitrogen and oxygen atoms in total. The summed E-state index contributed by atoms with van der Waals surface area (Å²) in [6, 6.07) is 8.20. The summed E-state index contributed by atoms with van der Waals surface area (Å²) in [4.78, 5) is 20.2. The topological polar surface area (TPSA) is 82.6 Å². The van der Waals surface area contributed by atoms with Crippen LogP contribution >= 0.6 is 0 Å². The Hall–Kier alpha value is -2.83. The fourth-order valence-electron chi connectivity index (χ4n) is 1.59. The number of aromatic nitrogens is 2. The van der Waals surface area contributed by atoms with Crippen molar-refractivity contribution in [1.82, 2.24) is 9.97 Å². The number of carbonyl (C=O) groups is 1. The highest BCUT2D eigenvalue weighted by Crippen LogP contribution is 2.18. The van der Waals surface area contributed by atoms with Gasteiger partial charge in [-0.15, -0.1) is 0 Å². The summed E-state index contributed by atoms with van der Waals surface area (Å²) in [7, 11) is 4.50. The molecule has 110 valence electrons. The molecule has 0 bridgehead atoms. The molecule has 2 aromatic rings. The number of hydrogen-bond acceptors (Lipinski definition) is 6. The maximum absolute atomic E-state index is 12.1. The molecule has 7 heteroatoms. The Morgan fingerprint density at radius 2 is 1.52 bits per heavy atom. The van der Waals surface area contributed by atoms with E-state index < -0.39 is 0 Å². The second kappa shape index (κ2) is 6.56. The first kappa shape index (κ1) is 14.6. The van der Waals surface area contributed by atoms with Crippen LogP contribution in [-0.4, -0.2) is 37.2 Å². The van der Waals surface area contributed by atoms with Gasteiger partial charge in [0, 0.05) is 5.56 Å². The minimum Gasteiger partial charge on any atom is -0.497 e. The van der Waals surface area contributed by atoms with E-state index in [4.69, 9.17) is 14.2 Å². The molecule has 0 fully saturated rings. The Labute approximate surface area is 121 Å². The van der Waals surface area contributed by atoms with Gasteiger partial charge in [-0.25, -0.2) is 0 Å². The van der Waals surface area contributed by atoms with Crippen LogP contribution in [0.1, 0.15) is 10.4 Å². The lowest BCUT2D eigenvalue weighted by Crippen LogP contribution is -2.14. The van der Waals surface area contributed by atoms with E-state index in [9.17, 15) is 4.79 Å². The Kier molecular flexibility index (Phi) is 4.55. The summed E-state index contributed by atoms with van der Waals surface area (Å²) in [5.41, 5.74) is 0.459. The lowest BCUT2D eigenvalue weighted by Gasteiger charge is -2.08. The van der Waals surface area contributed by atoms with Crippen LogP contribution in [0.3, 0.4) is 0 Å². The fraction of sp³-hybridized carbons (Fsp3) is 0.214. The third kappa shape index (κ3) is 3.59. The molecule has 0 spiro atoms. The highest BCUT2D eigenvalue weighted by atomic mass is 16.5. The molecule has 0 aliphatic heterocycles. The van der Waals surface area contributed by atoms with Crippen LogP contribution in [0.2, 0.25) is 0 Å². The molecule has 1 aromatic carbocycles. The monoisotopic (exact) mass is 289 g/mol. The van der Waals surface area contributed by atoms with Gasteiger partial charge in [0.25, 0.3) is 5.91 Å². The van der Waals surface area contributed by atoms with Crippen LogP contribution < -0.4 is 19.5 Å². The lowest BCUT2D eigenvalue weighted by atomic mass is 10.2. The summed E-state index contributed by atoms with van der Waals surface area (Å²) in [6.07, 6.45) is 0. The van der Waals surface area contributed by atoms with Crippen molar-refractivity contribution in [1.29, 1.82) is 0 Å². The quantitative estimate of drug-likeness (QED) is 0.903. The first-order valence-electron chi connectivity index (χ1n) is 6.08. The van der Waals surface area contributed by atoms with Crippen molar-refractivity contribution < 1.29 is 19.0 Å². The van der Waals surface area contributed by atoms with Crippen molar-refractivity contribution in [2.45, 2.75) is 0 Å². The fourth-order valence-corrected chi connectivity index (χ4v) is 1.59. The Morgan fingerprint density at radius 3 is 2.00 bits per heavy atom. The number of benzene rings is 1. The van der Waals surface area contributed by atoms with Crippen LogP contribution in [0.4, 0.5) is 5.95 Å². The van der Waals surface area contributed by atoms with Crippen LogP contribution in [0.15, 0.2) is 30.3 Å². The molecule has 0 unspecified atom stereocenters. The van der Waals surface area contributed by atoms with Gasteiger partial charge >= 0.3 is 0 Å². The minimum atomic E-state index is -0.340. The molecule has 0 saturated carbocycles. The van der Waals surface area contributed by atoms with E-state index >= 15 is 0 Å². The van der Waals surface area contributed by atoms with E-state index in [2.05, 4.69) is 15.3 Å². The zero-order valence-electron chi connectivity index (χ0n) is 11.9. The molecular formula is C14H15N3O4. The van der Waals surface area contributed by atoms with Gasteiger partial charge in [-0.1, -0.05) is 0 Å². The molecular weight excluding hydrogens is 274 g/mol. The predicted molar refractivity (Wildman–Crippen MR) is 76.1 cm³/mol. The number of carbonyl (C=O) groups excluding carboxylic acids is 1. The molecule has 1 N–H and O–H groups in total. The van der Waals surface area contributed by atoms with Gasteiger partial charge in [0.05, 0.1) is 27.4 Å². The average Bonchev–Trinajstić information content (AvgIpc) is 2.54. The van der Waals surface area contributed by atoms with Crippen molar-refractivity contribution in [2.24, 2.45) is 0 Å². The summed E-state index contributed by atoms with van der Waals surface area (Å²) in [5, 5.41) is 2.58. The van der Waals surface area contributed by atoms with Gasteiger partial charge < -0.3 is 14.2 Å². The molecule has 0 saturated heterocycles. The zero-order valence-corrected chi connectivity index (χ0v) is 11.9. The van der Waals surface area contributed by atoms with Crippen molar-refractivity contribution in [3.05, 3.63) is 35.9 Å². The molecule has 0 radical (unpaired) electrons. The maximum atomic E-state index is 12.1. The SMILES string of the molecule is COc1ccc(C(=O)Nc2nc(OC)cc(OC)n2)cc1. The van der Waals surface area contributed by atoms with Gasteiger partial charge in [-0.2, -0.15) is 9.97 Å². The molecule has 0 aliphatic rings. The second-order valence-corrected chi connectivity index (χ2v) is 3.96. The van der Waals surface area contributed by atoms with Gasteiger partial charge in [-0.3, -0.25) is 10.1 Å². The first-order chi connectivity index (χ1) is 10.2. The van der Waals surface area contributed by atoms with E-state index in [-0.39, 0.29) is 11.9 Å². The van der Waals surface area contributed by atoms with Gasteiger partial charge in [0.1, 0.15) is 5.75 Å². The smallest absolute Gasteiger partial charge is 0.258 e. The summed E-state index contributed by atoms with van der Waals surface area (Å²) >= 11 is 0. The number of nitrogens with zero attached hydrogens (tertiary/aromatic N) is 2. The molecule has 0 aliphatic carbocycles. The standard InChI is InChI=1S/C14H15N3O4/c1-19-10-6-4-9(5-7-10)13(18)17-14-15-11(20-2)8-12(16-14)21-3/h4-8H,1-3H3,(H,15,16,17,18). The Bertz CT molecular complexity index is 606. The number of ether oxygens (including phenoxy) is 3. The van der Waals surface area contributed by atoms with E-state index in [1.807, 2.05) is 0 Å². The number of methoxy groups -OCH3 is 3. The predicted octanol–water partition coefficient (Wildman–Crippen LogP) is 1.75. The molecule has 1 aromatic heterocycles. The summed E-state index contributed by atoms with van der Waals surface area (Å²) < 4.78 is 15.1. The number of amides is 1. The molecule has 1 amide bonds. The third-order valence-electron chi connectivity index (χ3n) is 2.67. The van der Waals surface area contributed by atoms with Crippen LogP contribution in [0.25, 0.3) is 0 Å². The number of anilines is 1. The second-order valence-electron chi connectivity index (χ2n) is 3.96. The number of hydrogen-bond donors (Lipinski definition) is 1. The van der Waals surface area contributed by atoms with Crippen molar-refractivity contribution in [3.63, 3.8) is 0 Å². The number of nitrogens with one attached hydrogen (secondary N) is 1. The third-order valence-corrected chi connectivity index (χ3v) is 2.67. The normalized spacial score (nSPS) is 9.86. The highest BCUT2D eigenvalue weighted by molar-refractivity contribution is 6.03. The van der Waals surface area contributed by atoms with E-state index in [1.54, 1.807) is 31.4 Å². The van der Waals surface area contributed by atoms with Gasteiger partial charge in [0.2, 0.25) is 17.7 Å². The highest BCUT2D eigenvalue weighted by Gasteiger charge is 2.11. The van der Waals surface area contributed by atoms with Gasteiger partial charge in [0.15, 0.2) is 0 Å².